The zero-order valence-electron chi connectivity index (χ0n) is 13.5. The molecule has 25 heavy (non-hydrogen) atoms. The zero-order valence-corrected chi connectivity index (χ0v) is 13.5. The molecule has 0 radical (unpaired) electrons. The highest BCUT2D eigenvalue weighted by Crippen LogP contribution is 2.50. The van der Waals surface area contributed by atoms with Gasteiger partial charge in [0, 0.05) is 11.3 Å². The van der Waals surface area contributed by atoms with Gasteiger partial charge in [0.25, 0.3) is 0 Å². The number of nitrogens with one attached hydrogen (secondary N) is 1. The summed E-state index contributed by atoms with van der Waals surface area (Å²) in [6, 6.07) is 13.7. The van der Waals surface area contributed by atoms with E-state index in [-0.39, 0.29) is 23.6 Å². The summed E-state index contributed by atoms with van der Waals surface area (Å²) in [5.74, 6) is -1.53. The van der Waals surface area contributed by atoms with E-state index >= 15 is 0 Å². The molecular formula is C20H18FNO3. The molecular weight excluding hydrogens is 321 g/mol. The number of carboxylic acid groups (broad SMARTS) is 1. The first-order valence-electron chi connectivity index (χ1n) is 8.40. The Hall–Kier alpha value is -2.69. The van der Waals surface area contributed by atoms with Crippen molar-refractivity contribution in [1.29, 1.82) is 0 Å². The van der Waals surface area contributed by atoms with Gasteiger partial charge in [0.05, 0.1) is 11.3 Å². The number of anilines is 1. The molecule has 4 rings (SSSR count). The number of hydrogen-bond acceptors (Lipinski definition) is 2. The largest absolute Gasteiger partial charge is 0.481 e. The summed E-state index contributed by atoms with van der Waals surface area (Å²) in [7, 11) is 0. The SMILES string of the molecule is O=C(O)[C@@H]1C[C@H]1c1ccc(NC(=O)C2(c3ccccc3F)CC2)cc1. The summed E-state index contributed by atoms with van der Waals surface area (Å²) in [6.07, 6.45) is 1.94. The standard InChI is InChI=1S/C20H18FNO3/c21-17-4-2-1-3-16(17)20(9-10-20)19(25)22-13-7-5-12(6-8-13)14-11-15(14)18(23)24/h1-8,14-15H,9-11H2,(H,22,25)(H,23,24)/t14-,15+/m0/s1. The Labute approximate surface area is 144 Å². The Morgan fingerprint density at radius 3 is 2.32 bits per heavy atom. The van der Waals surface area contributed by atoms with Gasteiger partial charge in [0.1, 0.15) is 5.82 Å². The number of benzene rings is 2. The fourth-order valence-electron chi connectivity index (χ4n) is 3.49. The molecule has 4 nitrogen and oxygen atoms in total. The van der Waals surface area contributed by atoms with Crippen LogP contribution in [0.4, 0.5) is 10.1 Å². The number of amides is 1. The molecule has 2 N–H and O–H groups in total. The highest BCUT2D eigenvalue weighted by Gasteiger charge is 2.52. The van der Waals surface area contributed by atoms with Crippen LogP contribution in [0.25, 0.3) is 0 Å². The number of carbonyl (C=O) groups excluding carboxylic acids is 1. The predicted molar refractivity (Wildman–Crippen MR) is 90.9 cm³/mol. The van der Waals surface area contributed by atoms with E-state index in [1.54, 1.807) is 30.3 Å². The first kappa shape index (κ1) is 15.8. The third-order valence-corrected chi connectivity index (χ3v) is 5.28. The van der Waals surface area contributed by atoms with E-state index in [0.29, 0.717) is 30.5 Å². The molecule has 2 aromatic carbocycles. The minimum atomic E-state index is -0.769. The number of rotatable bonds is 5. The molecule has 1 amide bonds. The van der Waals surface area contributed by atoms with E-state index in [2.05, 4.69) is 5.32 Å². The fourth-order valence-corrected chi connectivity index (χ4v) is 3.49. The van der Waals surface area contributed by atoms with Gasteiger partial charge >= 0.3 is 5.97 Å². The van der Waals surface area contributed by atoms with Crippen molar-refractivity contribution in [2.45, 2.75) is 30.6 Å². The Kier molecular flexibility index (Phi) is 3.60. The second kappa shape index (κ2) is 5.69. The molecule has 0 aromatic heterocycles. The number of carbonyl (C=O) groups is 2. The van der Waals surface area contributed by atoms with Crippen molar-refractivity contribution < 1.29 is 19.1 Å². The van der Waals surface area contributed by atoms with Crippen molar-refractivity contribution in [2.24, 2.45) is 5.92 Å². The van der Waals surface area contributed by atoms with Gasteiger partial charge in [-0.25, -0.2) is 4.39 Å². The van der Waals surface area contributed by atoms with Crippen LogP contribution >= 0.6 is 0 Å². The molecule has 2 saturated carbocycles. The van der Waals surface area contributed by atoms with Crippen LogP contribution in [0.1, 0.15) is 36.3 Å². The van der Waals surface area contributed by atoms with Gasteiger partial charge in [-0.05, 0) is 48.9 Å². The van der Waals surface area contributed by atoms with Crippen LogP contribution in [0.2, 0.25) is 0 Å². The Balaban J connectivity index is 1.47. The molecule has 5 heteroatoms. The van der Waals surface area contributed by atoms with Crippen molar-refractivity contribution in [1.82, 2.24) is 0 Å². The molecule has 0 spiro atoms. The molecule has 2 atom stereocenters. The molecule has 128 valence electrons. The number of halogens is 1. The molecule has 2 aromatic rings. The van der Waals surface area contributed by atoms with Crippen LogP contribution in [0.15, 0.2) is 48.5 Å². The van der Waals surface area contributed by atoms with Gasteiger partial charge in [0.2, 0.25) is 5.91 Å². The molecule has 0 aliphatic heterocycles. The predicted octanol–water partition coefficient (Wildman–Crippen LogP) is 3.68. The molecule has 2 aliphatic rings. The van der Waals surface area contributed by atoms with Crippen LogP contribution in [0.5, 0.6) is 0 Å². The second-order valence-electron chi connectivity index (χ2n) is 6.93. The van der Waals surface area contributed by atoms with Crippen molar-refractivity contribution in [2.75, 3.05) is 5.32 Å². The molecule has 0 saturated heterocycles. The number of aliphatic carboxylic acids is 1. The Morgan fingerprint density at radius 1 is 1.08 bits per heavy atom. The van der Waals surface area contributed by atoms with E-state index in [9.17, 15) is 14.0 Å². The van der Waals surface area contributed by atoms with Gasteiger partial charge < -0.3 is 10.4 Å². The highest BCUT2D eigenvalue weighted by molar-refractivity contribution is 6.01. The third-order valence-electron chi connectivity index (χ3n) is 5.28. The molecule has 0 unspecified atom stereocenters. The van der Waals surface area contributed by atoms with Crippen molar-refractivity contribution in [3.63, 3.8) is 0 Å². The van der Waals surface area contributed by atoms with Crippen molar-refractivity contribution in [3.05, 3.63) is 65.5 Å². The van der Waals surface area contributed by atoms with Crippen LogP contribution in [-0.2, 0) is 15.0 Å². The second-order valence-corrected chi connectivity index (χ2v) is 6.93. The maximum atomic E-state index is 14.0. The van der Waals surface area contributed by atoms with Gasteiger partial charge in [-0.3, -0.25) is 9.59 Å². The van der Waals surface area contributed by atoms with E-state index in [1.165, 1.54) is 6.07 Å². The van der Waals surface area contributed by atoms with E-state index in [0.717, 1.165) is 5.56 Å². The van der Waals surface area contributed by atoms with Gasteiger partial charge in [-0.15, -0.1) is 0 Å². The van der Waals surface area contributed by atoms with E-state index in [1.807, 2.05) is 12.1 Å². The van der Waals surface area contributed by atoms with Gasteiger partial charge in [0.15, 0.2) is 0 Å². The molecule has 2 fully saturated rings. The first-order chi connectivity index (χ1) is 12.0. The average Bonchev–Trinajstić information content (AvgIpc) is 3.49. The average molecular weight is 339 g/mol. The summed E-state index contributed by atoms with van der Waals surface area (Å²) in [6.45, 7) is 0. The summed E-state index contributed by atoms with van der Waals surface area (Å²) in [4.78, 5) is 23.6. The molecule has 0 heterocycles. The lowest BCUT2D eigenvalue weighted by molar-refractivity contribution is -0.138. The monoisotopic (exact) mass is 339 g/mol. The van der Waals surface area contributed by atoms with Gasteiger partial charge in [-0.1, -0.05) is 30.3 Å². The number of carboxylic acids is 1. The van der Waals surface area contributed by atoms with E-state index in [4.69, 9.17) is 5.11 Å². The zero-order chi connectivity index (χ0) is 17.6. The quantitative estimate of drug-likeness (QED) is 0.873. The normalized spacial score (nSPS) is 22.9. The van der Waals surface area contributed by atoms with Crippen molar-refractivity contribution >= 4 is 17.6 Å². The lowest BCUT2D eigenvalue weighted by Gasteiger charge is -2.16. The Morgan fingerprint density at radius 2 is 1.76 bits per heavy atom. The lowest BCUT2D eigenvalue weighted by Crippen LogP contribution is -2.28. The molecule has 2 aliphatic carbocycles. The maximum absolute atomic E-state index is 14.0. The van der Waals surface area contributed by atoms with Gasteiger partial charge in [-0.2, -0.15) is 0 Å². The van der Waals surface area contributed by atoms with Crippen LogP contribution in [-0.4, -0.2) is 17.0 Å². The first-order valence-corrected chi connectivity index (χ1v) is 8.40. The third kappa shape index (κ3) is 2.80. The fraction of sp³-hybridized carbons (Fsp3) is 0.300. The number of hydrogen-bond donors (Lipinski definition) is 2. The highest BCUT2D eigenvalue weighted by atomic mass is 19.1. The summed E-state index contributed by atoms with van der Waals surface area (Å²) in [5, 5.41) is 11.9. The minimum absolute atomic E-state index is 0.0652. The minimum Gasteiger partial charge on any atom is -0.481 e. The summed E-state index contributed by atoms with van der Waals surface area (Å²) < 4.78 is 14.0. The lowest BCUT2D eigenvalue weighted by atomic mass is 9.94. The topological polar surface area (TPSA) is 66.4 Å². The van der Waals surface area contributed by atoms with Crippen molar-refractivity contribution in [3.8, 4) is 0 Å². The van der Waals surface area contributed by atoms with E-state index < -0.39 is 11.4 Å². The van der Waals surface area contributed by atoms with Crippen LogP contribution in [0.3, 0.4) is 0 Å². The van der Waals surface area contributed by atoms with Crippen LogP contribution < -0.4 is 5.32 Å². The molecule has 0 bridgehead atoms. The smallest absolute Gasteiger partial charge is 0.307 e. The summed E-state index contributed by atoms with van der Waals surface area (Å²) in [5.41, 5.74) is 1.30. The Bertz CT molecular complexity index is 842. The summed E-state index contributed by atoms with van der Waals surface area (Å²) >= 11 is 0. The maximum Gasteiger partial charge on any atom is 0.307 e. The van der Waals surface area contributed by atoms with Crippen LogP contribution in [0, 0.1) is 11.7 Å².